The summed E-state index contributed by atoms with van der Waals surface area (Å²) in [6.07, 6.45) is 1.48. The number of carbonyl (C=O) groups is 2. The smallest absolute Gasteiger partial charge is 0.254 e. The Balaban J connectivity index is 1.53. The molecule has 0 saturated carbocycles. The highest BCUT2D eigenvalue weighted by Crippen LogP contribution is 2.26. The lowest BCUT2D eigenvalue weighted by atomic mass is 10.0. The average molecular weight is 363 g/mol. The van der Waals surface area contributed by atoms with Crippen LogP contribution in [0.5, 0.6) is 0 Å². The van der Waals surface area contributed by atoms with Gasteiger partial charge in [0.25, 0.3) is 5.91 Å². The molecule has 2 heterocycles. The monoisotopic (exact) mass is 363 g/mol. The van der Waals surface area contributed by atoms with Crippen LogP contribution in [0.25, 0.3) is 0 Å². The van der Waals surface area contributed by atoms with E-state index in [4.69, 9.17) is 0 Å². The van der Waals surface area contributed by atoms with Gasteiger partial charge in [-0.2, -0.15) is 0 Å². The van der Waals surface area contributed by atoms with Crippen LogP contribution in [0.15, 0.2) is 54.6 Å². The van der Waals surface area contributed by atoms with Crippen molar-refractivity contribution in [3.05, 3.63) is 65.7 Å². The number of nitrogens with zero attached hydrogens (tertiary/aromatic N) is 3. The van der Waals surface area contributed by atoms with Crippen molar-refractivity contribution in [2.75, 3.05) is 38.1 Å². The highest BCUT2D eigenvalue weighted by atomic mass is 16.2. The van der Waals surface area contributed by atoms with Crippen molar-refractivity contribution in [1.29, 1.82) is 0 Å². The Labute approximate surface area is 160 Å². The first-order chi connectivity index (χ1) is 13.1. The summed E-state index contributed by atoms with van der Waals surface area (Å²) >= 11 is 0. The van der Waals surface area contributed by atoms with Gasteiger partial charge < -0.3 is 9.80 Å². The Hall–Kier alpha value is -2.66. The molecule has 2 saturated heterocycles. The molecule has 2 fully saturated rings. The van der Waals surface area contributed by atoms with Crippen LogP contribution in [0.4, 0.5) is 5.69 Å². The Kier molecular flexibility index (Phi) is 4.94. The number of rotatable bonds is 3. The summed E-state index contributed by atoms with van der Waals surface area (Å²) in [6, 6.07) is 18.0. The minimum atomic E-state index is 0.0394. The summed E-state index contributed by atoms with van der Waals surface area (Å²) in [6.45, 7) is 2.97. The van der Waals surface area contributed by atoms with Crippen molar-refractivity contribution in [3.8, 4) is 0 Å². The van der Waals surface area contributed by atoms with Gasteiger partial charge in [-0.3, -0.25) is 14.5 Å². The van der Waals surface area contributed by atoms with Crippen LogP contribution >= 0.6 is 0 Å². The normalized spacial score (nSPS) is 20.9. The standard InChI is InChI=1S/C22H25N3O2/c1-23-13-14-24(16-20(23)17-7-3-2-4-8-17)22(27)18-9-5-10-19(15-18)25-12-6-11-21(25)26/h2-5,7-10,15,20H,6,11-14,16H2,1H3. The van der Waals surface area contributed by atoms with Crippen LogP contribution in [-0.4, -0.2) is 54.8 Å². The summed E-state index contributed by atoms with van der Waals surface area (Å²) in [5.74, 6) is 0.181. The first kappa shape index (κ1) is 17.7. The predicted molar refractivity (Wildman–Crippen MR) is 106 cm³/mol. The number of anilines is 1. The number of hydrogen-bond donors (Lipinski definition) is 0. The molecule has 0 aliphatic carbocycles. The molecular weight excluding hydrogens is 338 g/mol. The maximum absolute atomic E-state index is 13.1. The fourth-order valence-corrected chi connectivity index (χ4v) is 4.00. The van der Waals surface area contributed by atoms with Crippen LogP contribution in [0.3, 0.4) is 0 Å². The molecule has 1 unspecified atom stereocenters. The van der Waals surface area contributed by atoms with E-state index in [1.165, 1.54) is 5.56 Å². The SMILES string of the molecule is CN1CCN(C(=O)c2cccc(N3CCCC3=O)c2)CC1c1ccccc1. The third-order valence-corrected chi connectivity index (χ3v) is 5.60. The maximum atomic E-state index is 13.1. The second kappa shape index (κ2) is 7.53. The molecule has 27 heavy (non-hydrogen) atoms. The number of piperazine rings is 1. The Morgan fingerprint density at radius 3 is 2.56 bits per heavy atom. The van der Waals surface area contributed by atoms with Crippen molar-refractivity contribution < 1.29 is 9.59 Å². The van der Waals surface area contributed by atoms with Gasteiger partial charge in [0.2, 0.25) is 5.91 Å². The van der Waals surface area contributed by atoms with Gasteiger partial charge in [-0.15, -0.1) is 0 Å². The van der Waals surface area contributed by atoms with Gasteiger partial charge in [-0.05, 0) is 37.2 Å². The quantitative estimate of drug-likeness (QED) is 0.842. The summed E-state index contributed by atoms with van der Waals surface area (Å²) in [5.41, 5.74) is 2.72. The molecule has 0 radical (unpaired) electrons. The fourth-order valence-electron chi connectivity index (χ4n) is 4.00. The predicted octanol–water partition coefficient (Wildman–Crippen LogP) is 2.94. The lowest BCUT2D eigenvalue weighted by Crippen LogP contribution is -2.49. The molecule has 2 aromatic rings. The molecule has 5 nitrogen and oxygen atoms in total. The fraction of sp³-hybridized carbons (Fsp3) is 0.364. The van der Waals surface area contributed by atoms with Crippen molar-refractivity contribution >= 4 is 17.5 Å². The van der Waals surface area contributed by atoms with E-state index < -0.39 is 0 Å². The van der Waals surface area contributed by atoms with Crippen LogP contribution < -0.4 is 4.90 Å². The molecule has 1 atom stereocenters. The zero-order valence-electron chi connectivity index (χ0n) is 15.7. The third-order valence-electron chi connectivity index (χ3n) is 5.60. The van der Waals surface area contributed by atoms with Crippen LogP contribution in [-0.2, 0) is 4.79 Å². The molecular formula is C22H25N3O2. The van der Waals surface area contributed by atoms with Gasteiger partial charge in [0, 0.05) is 43.9 Å². The van der Waals surface area contributed by atoms with Crippen molar-refractivity contribution in [1.82, 2.24) is 9.80 Å². The van der Waals surface area contributed by atoms with Gasteiger partial charge in [0.05, 0.1) is 6.04 Å². The molecule has 4 rings (SSSR count). The Morgan fingerprint density at radius 2 is 1.81 bits per heavy atom. The summed E-state index contributed by atoms with van der Waals surface area (Å²) in [7, 11) is 2.11. The van der Waals surface area contributed by atoms with E-state index in [9.17, 15) is 9.59 Å². The molecule has 0 bridgehead atoms. The number of benzene rings is 2. The van der Waals surface area contributed by atoms with Crippen molar-refractivity contribution in [3.63, 3.8) is 0 Å². The second-order valence-corrected chi connectivity index (χ2v) is 7.36. The first-order valence-electron chi connectivity index (χ1n) is 9.58. The zero-order chi connectivity index (χ0) is 18.8. The van der Waals surface area contributed by atoms with E-state index in [0.29, 0.717) is 25.1 Å². The lowest BCUT2D eigenvalue weighted by molar-refractivity contribution is -0.117. The maximum Gasteiger partial charge on any atom is 0.254 e. The first-order valence-corrected chi connectivity index (χ1v) is 9.58. The third kappa shape index (κ3) is 3.60. The molecule has 0 spiro atoms. The topological polar surface area (TPSA) is 43.9 Å². The van der Waals surface area contributed by atoms with E-state index >= 15 is 0 Å². The summed E-state index contributed by atoms with van der Waals surface area (Å²) < 4.78 is 0. The molecule has 140 valence electrons. The minimum Gasteiger partial charge on any atom is -0.335 e. The zero-order valence-corrected chi connectivity index (χ0v) is 15.7. The number of hydrogen-bond acceptors (Lipinski definition) is 3. The van der Waals surface area contributed by atoms with Gasteiger partial charge in [-0.1, -0.05) is 36.4 Å². The van der Waals surface area contributed by atoms with E-state index in [0.717, 1.165) is 25.2 Å². The largest absolute Gasteiger partial charge is 0.335 e. The molecule has 2 aliphatic heterocycles. The highest BCUT2D eigenvalue weighted by Gasteiger charge is 2.29. The highest BCUT2D eigenvalue weighted by molar-refractivity contribution is 5.99. The van der Waals surface area contributed by atoms with E-state index in [2.05, 4.69) is 24.1 Å². The van der Waals surface area contributed by atoms with Crippen LogP contribution in [0, 0.1) is 0 Å². The average Bonchev–Trinajstić information content (AvgIpc) is 3.14. The number of carbonyl (C=O) groups excluding carboxylic acids is 2. The number of likely N-dealkylation sites (N-methyl/N-ethyl adjacent to an activating group) is 1. The Morgan fingerprint density at radius 1 is 1.00 bits per heavy atom. The van der Waals surface area contributed by atoms with Crippen LogP contribution in [0.2, 0.25) is 0 Å². The van der Waals surface area contributed by atoms with E-state index in [1.807, 2.05) is 47.4 Å². The Bertz CT molecular complexity index is 836. The minimum absolute atomic E-state index is 0.0394. The van der Waals surface area contributed by atoms with Gasteiger partial charge >= 0.3 is 0 Å². The van der Waals surface area contributed by atoms with E-state index in [1.54, 1.807) is 4.90 Å². The second-order valence-electron chi connectivity index (χ2n) is 7.36. The summed E-state index contributed by atoms with van der Waals surface area (Å²) in [5, 5.41) is 0. The molecule has 2 aliphatic rings. The molecule has 2 aromatic carbocycles. The van der Waals surface area contributed by atoms with Crippen molar-refractivity contribution in [2.45, 2.75) is 18.9 Å². The van der Waals surface area contributed by atoms with E-state index in [-0.39, 0.29) is 17.9 Å². The van der Waals surface area contributed by atoms with Gasteiger partial charge in [0.15, 0.2) is 0 Å². The van der Waals surface area contributed by atoms with Crippen LogP contribution in [0.1, 0.15) is 34.8 Å². The molecule has 0 N–H and O–H groups in total. The molecule has 2 amide bonds. The molecule has 5 heteroatoms. The van der Waals surface area contributed by atoms with Crippen molar-refractivity contribution in [2.24, 2.45) is 0 Å². The summed E-state index contributed by atoms with van der Waals surface area (Å²) in [4.78, 5) is 31.2. The number of amides is 2. The lowest BCUT2D eigenvalue weighted by Gasteiger charge is -2.39. The molecule has 0 aromatic heterocycles. The van der Waals surface area contributed by atoms with Gasteiger partial charge in [-0.25, -0.2) is 0 Å². The van der Waals surface area contributed by atoms with Gasteiger partial charge in [0.1, 0.15) is 0 Å².